The monoisotopic (exact) mass is 246 g/mol. The Labute approximate surface area is 104 Å². The van der Waals surface area contributed by atoms with Crippen LogP contribution in [-0.4, -0.2) is 29.0 Å². The van der Waals surface area contributed by atoms with Crippen LogP contribution in [0.2, 0.25) is 0 Å². The van der Waals surface area contributed by atoms with Crippen LogP contribution in [0.15, 0.2) is 29.4 Å². The van der Waals surface area contributed by atoms with Crippen LogP contribution in [0, 0.1) is 0 Å². The van der Waals surface area contributed by atoms with Gasteiger partial charge in [0, 0.05) is 0 Å². The molecule has 18 heavy (non-hydrogen) atoms. The molecule has 6 heteroatoms. The number of carbonyl (C=O) groups is 2. The predicted molar refractivity (Wildman–Crippen MR) is 66.4 cm³/mol. The zero-order chi connectivity index (χ0) is 13.1. The standard InChI is InChI=1S/C12H14N4O2/c13-10-5-11(17)16(12(10)18)7-9-3-1-2-8(4-9)6-15-14/h1-4,6,10H,5,7,13-14H2/t10-/m0/s1. The Bertz CT molecular complexity index is 513. The molecule has 0 radical (unpaired) electrons. The summed E-state index contributed by atoms with van der Waals surface area (Å²) in [7, 11) is 0. The molecule has 0 unspecified atom stereocenters. The van der Waals surface area contributed by atoms with Gasteiger partial charge in [0.25, 0.3) is 0 Å². The molecule has 1 fully saturated rings. The fourth-order valence-corrected chi connectivity index (χ4v) is 1.92. The van der Waals surface area contributed by atoms with Gasteiger partial charge >= 0.3 is 0 Å². The van der Waals surface area contributed by atoms with Crippen molar-refractivity contribution in [3.63, 3.8) is 0 Å². The van der Waals surface area contributed by atoms with Gasteiger partial charge in [-0.1, -0.05) is 18.2 Å². The van der Waals surface area contributed by atoms with Crippen LogP contribution < -0.4 is 11.6 Å². The Morgan fingerprint density at radius 3 is 2.83 bits per heavy atom. The van der Waals surface area contributed by atoms with Gasteiger partial charge in [-0.2, -0.15) is 5.10 Å². The minimum Gasteiger partial charge on any atom is -0.323 e. The third-order valence-corrected chi connectivity index (χ3v) is 2.79. The maximum Gasteiger partial charge on any atom is 0.246 e. The van der Waals surface area contributed by atoms with E-state index in [1.54, 1.807) is 0 Å². The fourth-order valence-electron chi connectivity index (χ4n) is 1.92. The Kier molecular flexibility index (Phi) is 3.38. The topological polar surface area (TPSA) is 102 Å². The maximum absolute atomic E-state index is 11.7. The molecule has 1 atom stereocenters. The van der Waals surface area contributed by atoms with Gasteiger partial charge in [-0.3, -0.25) is 14.5 Å². The second-order valence-corrected chi connectivity index (χ2v) is 4.15. The molecule has 0 spiro atoms. The van der Waals surface area contributed by atoms with Gasteiger partial charge in [0.1, 0.15) is 0 Å². The predicted octanol–water partition coefficient (Wildman–Crippen LogP) is -0.435. The fraction of sp³-hybridized carbons (Fsp3) is 0.250. The van der Waals surface area contributed by atoms with Crippen molar-refractivity contribution in [3.8, 4) is 0 Å². The highest BCUT2D eigenvalue weighted by Gasteiger charge is 2.35. The number of carbonyl (C=O) groups excluding carboxylic acids is 2. The molecule has 6 nitrogen and oxygen atoms in total. The number of nitrogens with zero attached hydrogens (tertiary/aromatic N) is 2. The van der Waals surface area contributed by atoms with Gasteiger partial charge < -0.3 is 11.6 Å². The van der Waals surface area contributed by atoms with Crippen LogP contribution in [0.3, 0.4) is 0 Å². The zero-order valence-electron chi connectivity index (χ0n) is 9.74. The molecule has 94 valence electrons. The third kappa shape index (κ3) is 2.38. The zero-order valence-corrected chi connectivity index (χ0v) is 9.74. The summed E-state index contributed by atoms with van der Waals surface area (Å²) < 4.78 is 0. The van der Waals surface area contributed by atoms with Crippen molar-refractivity contribution < 1.29 is 9.59 Å². The van der Waals surface area contributed by atoms with Crippen LogP contribution in [0.5, 0.6) is 0 Å². The lowest BCUT2D eigenvalue weighted by Crippen LogP contribution is -2.34. The van der Waals surface area contributed by atoms with Crippen LogP contribution >= 0.6 is 0 Å². The first-order valence-electron chi connectivity index (χ1n) is 5.54. The Balaban J connectivity index is 2.16. The molecule has 4 N–H and O–H groups in total. The lowest BCUT2D eigenvalue weighted by molar-refractivity contribution is -0.139. The van der Waals surface area contributed by atoms with Crippen molar-refractivity contribution in [1.82, 2.24) is 4.90 Å². The summed E-state index contributed by atoms with van der Waals surface area (Å²) >= 11 is 0. The van der Waals surface area contributed by atoms with Crippen LogP contribution in [0.25, 0.3) is 0 Å². The summed E-state index contributed by atoms with van der Waals surface area (Å²) in [6.45, 7) is 0.234. The first-order chi connectivity index (χ1) is 8.61. The van der Waals surface area contributed by atoms with E-state index in [0.29, 0.717) is 0 Å². The second kappa shape index (κ2) is 4.97. The van der Waals surface area contributed by atoms with Gasteiger partial charge in [-0.15, -0.1) is 0 Å². The van der Waals surface area contributed by atoms with E-state index in [0.717, 1.165) is 11.1 Å². The SMILES string of the molecule is NN=Cc1cccc(CN2C(=O)C[C@H](N)C2=O)c1. The van der Waals surface area contributed by atoms with Crippen molar-refractivity contribution in [1.29, 1.82) is 0 Å². The lowest BCUT2D eigenvalue weighted by Gasteiger charge is -2.14. The summed E-state index contributed by atoms with van der Waals surface area (Å²) in [5, 5.41) is 3.43. The molecular formula is C12H14N4O2. The van der Waals surface area contributed by atoms with Gasteiger partial charge in [-0.05, 0) is 17.2 Å². The molecule has 0 bridgehead atoms. The molecule has 1 saturated heterocycles. The van der Waals surface area contributed by atoms with Crippen molar-refractivity contribution in [2.24, 2.45) is 16.7 Å². The molecule has 1 aromatic rings. The summed E-state index contributed by atoms with van der Waals surface area (Å²) in [5.74, 6) is 4.52. The van der Waals surface area contributed by atoms with Gasteiger partial charge in [-0.25, -0.2) is 0 Å². The van der Waals surface area contributed by atoms with Gasteiger partial charge in [0.05, 0.1) is 25.2 Å². The summed E-state index contributed by atoms with van der Waals surface area (Å²) in [4.78, 5) is 24.4. The highest BCUT2D eigenvalue weighted by Crippen LogP contribution is 2.15. The van der Waals surface area contributed by atoms with E-state index in [4.69, 9.17) is 11.6 Å². The van der Waals surface area contributed by atoms with E-state index in [9.17, 15) is 9.59 Å². The minimum atomic E-state index is -0.703. The molecule has 2 amide bonds. The van der Waals surface area contributed by atoms with E-state index in [1.165, 1.54) is 11.1 Å². The summed E-state index contributed by atoms with van der Waals surface area (Å²) in [5.41, 5.74) is 7.19. The number of likely N-dealkylation sites (tertiary alicyclic amines) is 1. The minimum absolute atomic E-state index is 0.0861. The van der Waals surface area contributed by atoms with Crippen molar-refractivity contribution in [2.75, 3.05) is 0 Å². The Morgan fingerprint density at radius 2 is 2.22 bits per heavy atom. The van der Waals surface area contributed by atoms with E-state index < -0.39 is 6.04 Å². The molecule has 1 aliphatic rings. The highest BCUT2D eigenvalue weighted by atomic mass is 16.2. The van der Waals surface area contributed by atoms with Crippen molar-refractivity contribution >= 4 is 18.0 Å². The number of nitrogens with two attached hydrogens (primary N) is 2. The van der Waals surface area contributed by atoms with Crippen molar-refractivity contribution in [3.05, 3.63) is 35.4 Å². The number of imide groups is 1. The molecule has 0 saturated carbocycles. The average molecular weight is 246 g/mol. The summed E-state index contributed by atoms with van der Waals surface area (Å²) in [6.07, 6.45) is 1.59. The highest BCUT2D eigenvalue weighted by molar-refractivity contribution is 6.05. The molecule has 1 heterocycles. The smallest absolute Gasteiger partial charge is 0.246 e. The first kappa shape index (κ1) is 12.3. The lowest BCUT2D eigenvalue weighted by atomic mass is 10.1. The molecule has 1 aliphatic heterocycles. The van der Waals surface area contributed by atoms with Gasteiger partial charge in [0.2, 0.25) is 11.8 Å². The number of hydrogen-bond acceptors (Lipinski definition) is 5. The molecular weight excluding hydrogens is 232 g/mol. The normalized spacial score (nSPS) is 20.1. The molecule has 0 aromatic heterocycles. The van der Waals surface area contributed by atoms with E-state index in [-0.39, 0.29) is 24.8 Å². The molecule has 1 aromatic carbocycles. The summed E-state index contributed by atoms with van der Waals surface area (Å²) in [6, 6.07) is 6.60. The number of hydrogen-bond donors (Lipinski definition) is 2. The third-order valence-electron chi connectivity index (χ3n) is 2.79. The van der Waals surface area contributed by atoms with Crippen LogP contribution in [-0.2, 0) is 16.1 Å². The number of benzene rings is 1. The Morgan fingerprint density at radius 1 is 1.44 bits per heavy atom. The van der Waals surface area contributed by atoms with Gasteiger partial charge in [0.15, 0.2) is 0 Å². The molecule has 2 rings (SSSR count). The van der Waals surface area contributed by atoms with E-state index >= 15 is 0 Å². The molecule has 0 aliphatic carbocycles. The second-order valence-electron chi connectivity index (χ2n) is 4.15. The number of amides is 2. The average Bonchev–Trinajstić information content (AvgIpc) is 2.57. The van der Waals surface area contributed by atoms with Crippen LogP contribution in [0.1, 0.15) is 17.5 Å². The van der Waals surface area contributed by atoms with Crippen molar-refractivity contribution in [2.45, 2.75) is 19.0 Å². The number of hydrazone groups is 1. The number of rotatable bonds is 3. The Hall–Kier alpha value is -2.21. The van der Waals surface area contributed by atoms with E-state index in [2.05, 4.69) is 5.10 Å². The van der Waals surface area contributed by atoms with Crippen LogP contribution in [0.4, 0.5) is 0 Å². The largest absolute Gasteiger partial charge is 0.323 e. The first-order valence-corrected chi connectivity index (χ1v) is 5.54. The van der Waals surface area contributed by atoms with E-state index in [1.807, 2.05) is 24.3 Å². The quantitative estimate of drug-likeness (QED) is 0.327. The maximum atomic E-state index is 11.7.